The van der Waals surface area contributed by atoms with Crippen molar-refractivity contribution in [3.05, 3.63) is 24.3 Å². The number of carbonyl (C=O) groups excluding carboxylic acids is 2. The third-order valence-electron chi connectivity index (χ3n) is 2.59. The maximum atomic E-state index is 11.6. The number of anilines is 1. The molecule has 0 aliphatic heterocycles. The molecule has 7 heteroatoms. The van der Waals surface area contributed by atoms with Crippen molar-refractivity contribution in [2.75, 3.05) is 25.4 Å². The van der Waals surface area contributed by atoms with Crippen LogP contribution in [-0.2, 0) is 9.53 Å². The number of benzene rings is 1. The van der Waals surface area contributed by atoms with Crippen molar-refractivity contribution in [1.82, 2.24) is 10.6 Å². The van der Waals surface area contributed by atoms with Crippen molar-refractivity contribution in [2.24, 2.45) is 0 Å². The van der Waals surface area contributed by atoms with Gasteiger partial charge in [0.1, 0.15) is 11.4 Å². The number of nitrogens with one attached hydrogen (secondary N) is 2. The number of hydrogen-bond donors (Lipinski definition) is 3. The molecule has 7 nitrogen and oxygen atoms in total. The second-order valence-electron chi connectivity index (χ2n) is 5.99. The monoisotopic (exact) mass is 323 g/mol. The fourth-order valence-electron chi connectivity index (χ4n) is 1.58. The van der Waals surface area contributed by atoms with Crippen LogP contribution in [-0.4, -0.2) is 37.3 Å². The van der Waals surface area contributed by atoms with Crippen LogP contribution >= 0.6 is 0 Å². The molecular weight excluding hydrogens is 298 g/mol. The summed E-state index contributed by atoms with van der Waals surface area (Å²) in [6, 6.07) is 6.81. The summed E-state index contributed by atoms with van der Waals surface area (Å²) in [5.74, 6) is 0.361. The number of alkyl carbamates (subject to hydrolysis) is 1. The fourth-order valence-corrected chi connectivity index (χ4v) is 1.58. The molecule has 0 radical (unpaired) electrons. The Kier molecular flexibility index (Phi) is 7.18. The zero-order chi connectivity index (χ0) is 17.3. The van der Waals surface area contributed by atoms with Crippen LogP contribution in [0, 0.1) is 0 Å². The number of nitrogen functional groups attached to an aromatic ring is 1. The Labute approximate surface area is 136 Å². The van der Waals surface area contributed by atoms with E-state index >= 15 is 0 Å². The van der Waals surface area contributed by atoms with E-state index in [0.717, 1.165) is 0 Å². The first-order chi connectivity index (χ1) is 10.8. The molecular formula is C16H25N3O4. The van der Waals surface area contributed by atoms with Crippen LogP contribution in [0.5, 0.6) is 5.75 Å². The molecule has 0 spiro atoms. The summed E-state index contributed by atoms with van der Waals surface area (Å²) in [6.45, 7) is 6.20. The van der Waals surface area contributed by atoms with Crippen molar-refractivity contribution in [2.45, 2.75) is 32.8 Å². The first-order valence-corrected chi connectivity index (χ1v) is 7.48. The Balaban J connectivity index is 2.08. The zero-order valence-electron chi connectivity index (χ0n) is 13.8. The number of hydrogen-bond acceptors (Lipinski definition) is 5. The summed E-state index contributed by atoms with van der Waals surface area (Å²) in [7, 11) is 0. The van der Waals surface area contributed by atoms with Crippen LogP contribution in [0.15, 0.2) is 24.3 Å². The molecule has 2 amide bonds. The lowest BCUT2D eigenvalue weighted by Gasteiger charge is -2.19. The van der Waals surface area contributed by atoms with E-state index in [4.69, 9.17) is 15.2 Å². The van der Waals surface area contributed by atoms with Gasteiger partial charge in [0, 0.05) is 18.8 Å². The first kappa shape index (κ1) is 18.6. The summed E-state index contributed by atoms with van der Waals surface area (Å²) in [5, 5.41) is 5.33. The van der Waals surface area contributed by atoms with Gasteiger partial charge in [-0.1, -0.05) is 0 Å². The maximum Gasteiger partial charge on any atom is 0.407 e. The summed E-state index contributed by atoms with van der Waals surface area (Å²) >= 11 is 0. The number of rotatable bonds is 7. The fraction of sp³-hybridized carbons (Fsp3) is 0.500. The highest BCUT2D eigenvalue weighted by Gasteiger charge is 2.15. The van der Waals surface area contributed by atoms with Gasteiger partial charge in [0.25, 0.3) is 5.91 Å². The van der Waals surface area contributed by atoms with Gasteiger partial charge in [0.2, 0.25) is 0 Å². The van der Waals surface area contributed by atoms with E-state index in [1.54, 1.807) is 45.0 Å². The normalized spacial score (nSPS) is 10.7. The van der Waals surface area contributed by atoms with Gasteiger partial charge in [-0.3, -0.25) is 4.79 Å². The molecule has 0 bridgehead atoms. The van der Waals surface area contributed by atoms with Crippen molar-refractivity contribution in [3.8, 4) is 5.75 Å². The summed E-state index contributed by atoms with van der Waals surface area (Å²) in [4.78, 5) is 23.0. The van der Waals surface area contributed by atoms with E-state index in [-0.39, 0.29) is 12.5 Å². The largest absolute Gasteiger partial charge is 0.484 e. The third kappa shape index (κ3) is 9.23. The molecule has 0 saturated heterocycles. The molecule has 0 unspecified atom stereocenters. The molecule has 0 heterocycles. The number of carbonyl (C=O) groups is 2. The van der Waals surface area contributed by atoms with E-state index in [2.05, 4.69) is 10.6 Å². The number of amides is 2. The summed E-state index contributed by atoms with van der Waals surface area (Å²) < 4.78 is 10.4. The Morgan fingerprint density at radius 3 is 2.30 bits per heavy atom. The van der Waals surface area contributed by atoms with Crippen molar-refractivity contribution < 1.29 is 19.1 Å². The number of nitrogens with two attached hydrogens (primary N) is 1. The molecule has 1 aromatic rings. The van der Waals surface area contributed by atoms with Gasteiger partial charge in [-0.2, -0.15) is 0 Å². The van der Waals surface area contributed by atoms with Gasteiger partial charge in [0.05, 0.1) is 0 Å². The molecule has 0 atom stereocenters. The first-order valence-electron chi connectivity index (χ1n) is 7.48. The van der Waals surface area contributed by atoms with Crippen molar-refractivity contribution >= 4 is 17.7 Å². The lowest BCUT2D eigenvalue weighted by molar-refractivity contribution is -0.123. The Hall–Kier alpha value is -2.44. The maximum absolute atomic E-state index is 11.6. The molecule has 0 saturated carbocycles. The SMILES string of the molecule is CC(C)(C)OC(=O)NCCCNC(=O)COc1ccc(N)cc1. The van der Waals surface area contributed by atoms with Gasteiger partial charge in [0.15, 0.2) is 6.61 Å². The molecule has 128 valence electrons. The van der Waals surface area contributed by atoms with Gasteiger partial charge < -0.3 is 25.8 Å². The lowest BCUT2D eigenvalue weighted by atomic mass is 10.2. The van der Waals surface area contributed by atoms with Crippen LogP contribution in [0.4, 0.5) is 10.5 Å². The molecule has 0 aromatic heterocycles. The topological polar surface area (TPSA) is 103 Å². The summed E-state index contributed by atoms with van der Waals surface area (Å²) in [6.07, 6.45) is 0.142. The van der Waals surface area contributed by atoms with Crippen LogP contribution in [0.2, 0.25) is 0 Å². The van der Waals surface area contributed by atoms with Gasteiger partial charge >= 0.3 is 6.09 Å². The van der Waals surface area contributed by atoms with Crippen LogP contribution < -0.4 is 21.1 Å². The van der Waals surface area contributed by atoms with Crippen LogP contribution in [0.1, 0.15) is 27.2 Å². The molecule has 1 aromatic carbocycles. The van der Waals surface area contributed by atoms with Crippen LogP contribution in [0.3, 0.4) is 0 Å². The summed E-state index contributed by atoms with van der Waals surface area (Å²) in [5.41, 5.74) is 5.68. The van der Waals surface area contributed by atoms with Crippen LogP contribution in [0.25, 0.3) is 0 Å². The van der Waals surface area contributed by atoms with E-state index in [9.17, 15) is 9.59 Å². The Morgan fingerprint density at radius 2 is 1.70 bits per heavy atom. The molecule has 4 N–H and O–H groups in total. The second kappa shape index (κ2) is 8.87. The van der Waals surface area contributed by atoms with Gasteiger partial charge in [-0.05, 0) is 51.5 Å². The smallest absolute Gasteiger partial charge is 0.407 e. The van der Waals surface area contributed by atoms with E-state index in [1.165, 1.54) is 0 Å². The molecule has 1 rings (SSSR count). The third-order valence-corrected chi connectivity index (χ3v) is 2.59. The molecule has 0 aliphatic carbocycles. The minimum atomic E-state index is -0.516. The van der Waals surface area contributed by atoms with E-state index in [0.29, 0.717) is 30.9 Å². The zero-order valence-corrected chi connectivity index (χ0v) is 13.8. The average Bonchev–Trinajstić information content (AvgIpc) is 2.44. The standard InChI is InChI=1S/C16H25N3O4/c1-16(2,3)23-15(21)19-10-4-9-18-14(20)11-22-13-7-5-12(17)6-8-13/h5-8H,4,9-11,17H2,1-3H3,(H,18,20)(H,19,21). The molecule has 0 aliphatic rings. The van der Waals surface area contributed by atoms with E-state index in [1.807, 2.05) is 0 Å². The number of ether oxygens (including phenoxy) is 2. The van der Waals surface area contributed by atoms with Crippen molar-refractivity contribution in [3.63, 3.8) is 0 Å². The highest BCUT2D eigenvalue weighted by Crippen LogP contribution is 2.12. The Morgan fingerprint density at radius 1 is 1.09 bits per heavy atom. The predicted molar refractivity (Wildman–Crippen MR) is 88.2 cm³/mol. The molecule has 23 heavy (non-hydrogen) atoms. The predicted octanol–water partition coefficient (Wildman–Crippen LogP) is 1.68. The quantitative estimate of drug-likeness (QED) is 0.523. The average molecular weight is 323 g/mol. The second-order valence-corrected chi connectivity index (χ2v) is 5.99. The molecule has 0 fully saturated rings. The lowest BCUT2D eigenvalue weighted by Crippen LogP contribution is -2.35. The minimum absolute atomic E-state index is 0.0661. The highest BCUT2D eigenvalue weighted by atomic mass is 16.6. The van der Waals surface area contributed by atoms with E-state index < -0.39 is 11.7 Å². The van der Waals surface area contributed by atoms with Crippen molar-refractivity contribution in [1.29, 1.82) is 0 Å². The minimum Gasteiger partial charge on any atom is -0.484 e. The van der Waals surface area contributed by atoms with Gasteiger partial charge in [-0.25, -0.2) is 4.79 Å². The Bertz CT molecular complexity index is 509. The van der Waals surface area contributed by atoms with Gasteiger partial charge in [-0.15, -0.1) is 0 Å². The highest BCUT2D eigenvalue weighted by molar-refractivity contribution is 5.77.